The topological polar surface area (TPSA) is 75.6 Å². The lowest BCUT2D eigenvalue weighted by molar-refractivity contribution is -0.147. The molecule has 2 aliphatic rings. The molecule has 1 aliphatic carbocycles. The van der Waals surface area contributed by atoms with Gasteiger partial charge in [-0.05, 0) is 32.6 Å². The number of amides is 1. The van der Waals surface area contributed by atoms with Gasteiger partial charge in [0.1, 0.15) is 0 Å². The van der Waals surface area contributed by atoms with E-state index < -0.39 is 17.8 Å². The number of carboxylic acids is 1. The third kappa shape index (κ3) is 3.35. The summed E-state index contributed by atoms with van der Waals surface area (Å²) in [7, 11) is 0. The maximum atomic E-state index is 12.1. The molecule has 1 heterocycles. The molecule has 0 aromatic heterocycles. The fourth-order valence-electron chi connectivity index (χ4n) is 2.76. The average molecular weight is 267 g/mol. The van der Waals surface area contributed by atoms with Crippen molar-refractivity contribution in [2.75, 3.05) is 13.2 Å². The van der Waals surface area contributed by atoms with Crippen molar-refractivity contribution in [2.24, 2.45) is 11.8 Å². The molecule has 5 heteroatoms. The Morgan fingerprint density at radius 1 is 1.37 bits per heavy atom. The van der Waals surface area contributed by atoms with Gasteiger partial charge in [0, 0.05) is 13.2 Å². The number of ether oxygens (including phenoxy) is 1. The van der Waals surface area contributed by atoms with Crippen molar-refractivity contribution in [3.05, 3.63) is 12.2 Å². The molecule has 0 spiro atoms. The molecule has 0 radical (unpaired) electrons. The van der Waals surface area contributed by atoms with Crippen LogP contribution in [0.4, 0.5) is 0 Å². The summed E-state index contributed by atoms with van der Waals surface area (Å²) >= 11 is 0. The quantitative estimate of drug-likeness (QED) is 0.754. The van der Waals surface area contributed by atoms with Crippen molar-refractivity contribution < 1.29 is 19.4 Å². The number of allylic oxidation sites excluding steroid dienone is 2. The van der Waals surface area contributed by atoms with Gasteiger partial charge in [-0.25, -0.2) is 0 Å². The zero-order valence-corrected chi connectivity index (χ0v) is 11.2. The van der Waals surface area contributed by atoms with Crippen LogP contribution in [-0.2, 0) is 14.3 Å². The first-order valence-corrected chi connectivity index (χ1v) is 6.81. The highest BCUT2D eigenvalue weighted by atomic mass is 16.5. The molecule has 106 valence electrons. The molecule has 1 saturated heterocycles. The molecule has 19 heavy (non-hydrogen) atoms. The van der Waals surface area contributed by atoms with Crippen LogP contribution >= 0.6 is 0 Å². The number of nitrogens with one attached hydrogen (secondary N) is 1. The second-order valence-corrected chi connectivity index (χ2v) is 5.61. The smallest absolute Gasteiger partial charge is 0.307 e. The van der Waals surface area contributed by atoms with Gasteiger partial charge in [0.15, 0.2) is 0 Å². The van der Waals surface area contributed by atoms with Crippen molar-refractivity contribution in [3.8, 4) is 0 Å². The molecule has 0 bridgehead atoms. The fourth-order valence-corrected chi connectivity index (χ4v) is 2.76. The first kappa shape index (κ1) is 14.1. The number of hydrogen-bond donors (Lipinski definition) is 2. The molecule has 1 aliphatic heterocycles. The van der Waals surface area contributed by atoms with Crippen LogP contribution in [0.1, 0.15) is 32.6 Å². The lowest BCUT2D eigenvalue weighted by atomic mass is 9.82. The Hall–Kier alpha value is -1.36. The molecule has 0 aromatic carbocycles. The van der Waals surface area contributed by atoms with E-state index >= 15 is 0 Å². The molecule has 1 unspecified atom stereocenters. The number of rotatable bonds is 4. The van der Waals surface area contributed by atoms with Crippen LogP contribution in [0.3, 0.4) is 0 Å². The van der Waals surface area contributed by atoms with E-state index in [-0.39, 0.29) is 11.5 Å². The van der Waals surface area contributed by atoms with E-state index in [0.29, 0.717) is 19.4 Å². The van der Waals surface area contributed by atoms with Gasteiger partial charge in [0.2, 0.25) is 5.91 Å². The van der Waals surface area contributed by atoms with Gasteiger partial charge in [-0.15, -0.1) is 0 Å². The molecule has 2 rings (SSSR count). The Morgan fingerprint density at radius 2 is 2.05 bits per heavy atom. The van der Waals surface area contributed by atoms with Crippen molar-refractivity contribution in [1.29, 1.82) is 0 Å². The SMILES string of the molecule is CC1(CNC(=O)[C@@H]2CC=CC[C@@H]2C(=O)O)CCCO1. The number of carbonyl (C=O) groups excluding carboxylic acids is 1. The van der Waals surface area contributed by atoms with Crippen molar-refractivity contribution in [3.63, 3.8) is 0 Å². The number of hydrogen-bond acceptors (Lipinski definition) is 3. The van der Waals surface area contributed by atoms with Crippen LogP contribution in [0, 0.1) is 11.8 Å². The molecule has 0 saturated carbocycles. The maximum Gasteiger partial charge on any atom is 0.307 e. The third-order valence-electron chi connectivity index (χ3n) is 4.02. The summed E-state index contributed by atoms with van der Waals surface area (Å²) in [5.74, 6) is -2.14. The largest absolute Gasteiger partial charge is 0.481 e. The fraction of sp³-hybridized carbons (Fsp3) is 0.714. The first-order valence-electron chi connectivity index (χ1n) is 6.81. The molecule has 2 N–H and O–H groups in total. The normalized spacial score (nSPS) is 34.2. The lowest BCUT2D eigenvalue weighted by Crippen LogP contribution is -2.45. The number of aliphatic carboxylic acids is 1. The summed E-state index contributed by atoms with van der Waals surface area (Å²) in [6.45, 7) is 3.17. The van der Waals surface area contributed by atoms with Crippen molar-refractivity contribution in [1.82, 2.24) is 5.32 Å². The predicted octanol–water partition coefficient (Wildman–Crippen LogP) is 1.34. The summed E-state index contributed by atoms with van der Waals surface area (Å²) in [6.07, 6.45) is 6.60. The minimum absolute atomic E-state index is 0.173. The molecule has 0 aromatic rings. The maximum absolute atomic E-state index is 12.1. The van der Waals surface area contributed by atoms with Gasteiger partial charge in [0.05, 0.1) is 17.4 Å². The molecular weight excluding hydrogens is 246 g/mol. The Balaban J connectivity index is 1.91. The Morgan fingerprint density at radius 3 is 2.63 bits per heavy atom. The summed E-state index contributed by atoms with van der Waals surface area (Å²) in [5.41, 5.74) is -0.293. The minimum atomic E-state index is -0.896. The van der Waals surface area contributed by atoms with Gasteiger partial charge in [-0.2, -0.15) is 0 Å². The Bertz CT molecular complexity index is 385. The van der Waals surface area contributed by atoms with Gasteiger partial charge in [-0.1, -0.05) is 12.2 Å². The van der Waals surface area contributed by atoms with E-state index in [1.54, 1.807) is 0 Å². The van der Waals surface area contributed by atoms with E-state index in [4.69, 9.17) is 9.84 Å². The Labute approximate surface area is 113 Å². The van der Waals surface area contributed by atoms with Crippen molar-refractivity contribution in [2.45, 2.75) is 38.2 Å². The van der Waals surface area contributed by atoms with E-state index in [9.17, 15) is 9.59 Å². The van der Waals surface area contributed by atoms with Crippen LogP contribution in [-0.4, -0.2) is 35.7 Å². The van der Waals surface area contributed by atoms with E-state index in [2.05, 4.69) is 5.32 Å². The zero-order valence-electron chi connectivity index (χ0n) is 11.2. The van der Waals surface area contributed by atoms with Crippen LogP contribution in [0.5, 0.6) is 0 Å². The minimum Gasteiger partial charge on any atom is -0.481 e. The monoisotopic (exact) mass is 267 g/mol. The average Bonchev–Trinajstić information content (AvgIpc) is 2.83. The van der Waals surface area contributed by atoms with Crippen LogP contribution in [0.15, 0.2) is 12.2 Å². The van der Waals surface area contributed by atoms with Gasteiger partial charge in [0.25, 0.3) is 0 Å². The Kier molecular flexibility index (Phi) is 4.24. The first-order chi connectivity index (χ1) is 9.02. The molecule has 3 atom stereocenters. The highest BCUT2D eigenvalue weighted by molar-refractivity contribution is 5.85. The number of carboxylic acid groups (broad SMARTS) is 1. The second-order valence-electron chi connectivity index (χ2n) is 5.61. The molecule has 1 amide bonds. The zero-order chi connectivity index (χ0) is 13.9. The summed E-state index contributed by atoms with van der Waals surface area (Å²) in [5, 5.41) is 12.0. The van der Waals surface area contributed by atoms with Crippen LogP contribution in [0.25, 0.3) is 0 Å². The predicted molar refractivity (Wildman–Crippen MR) is 69.6 cm³/mol. The van der Waals surface area contributed by atoms with Crippen molar-refractivity contribution >= 4 is 11.9 Å². The van der Waals surface area contributed by atoms with Gasteiger partial charge in [-0.3, -0.25) is 9.59 Å². The summed E-state index contributed by atoms with van der Waals surface area (Å²) in [4.78, 5) is 23.3. The molecule has 5 nitrogen and oxygen atoms in total. The van der Waals surface area contributed by atoms with Gasteiger partial charge >= 0.3 is 5.97 Å². The highest BCUT2D eigenvalue weighted by Gasteiger charge is 2.36. The van der Waals surface area contributed by atoms with E-state index in [1.807, 2.05) is 19.1 Å². The second kappa shape index (κ2) is 5.74. The lowest BCUT2D eigenvalue weighted by Gasteiger charge is -2.28. The van der Waals surface area contributed by atoms with Crippen LogP contribution in [0.2, 0.25) is 0 Å². The summed E-state index contributed by atoms with van der Waals surface area (Å²) in [6, 6.07) is 0. The van der Waals surface area contributed by atoms with E-state index in [1.165, 1.54) is 0 Å². The van der Waals surface area contributed by atoms with Crippen LogP contribution < -0.4 is 5.32 Å². The van der Waals surface area contributed by atoms with Gasteiger partial charge < -0.3 is 15.2 Å². The molecule has 1 fully saturated rings. The molecular formula is C14H21NO4. The number of carbonyl (C=O) groups is 2. The third-order valence-corrected chi connectivity index (χ3v) is 4.02. The standard InChI is InChI=1S/C14H21NO4/c1-14(7-4-8-19-14)9-15-12(16)10-5-2-3-6-11(10)13(17)18/h2-3,10-11H,4-9H2,1H3,(H,15,16)(H,17,18)/t10-,11+,14?/m1/s1. The van der Waals surface area contributed by atoms with E-state index in [0.717, 1.165) is 19.4 Å². The highest BCUT2D eigenvalue weighted by Crippen LogP contribution is 2.27. The summed E-state index contributed by atoms with van der Waals surface area (Å²) < 4.78 is 5.61.